The molecule has 1 aromatic carbocycles. The SMILES string of the molecule is Cn1c(S(=O)(=O)O)cc2ccc(O)cc21.[NaH]. The van der Waals surface area contributed by atoms with Gasteiger partial charge in [-0.2, -0.15) is 8.42 Å². The molecule has 1 aromatic heterocycles. The summed E-state index contributed by atoms with van der Waals surface area (Å²) in [6.07, 6.45) is 0. The van der Waals surface area contributed by atoms with Gasteiger partial charge in [0.15, 0.2) is 5.03 Å². The van der Waals surface area contributed by atoms with Crippen LogP contribution in [0.1, 0.15) is 0 Å². The first-order valence-corrected chi connectivity index (χ1v) is 5.59. The van der Waals surface area contributed by atoms with Gasteiger partial charge in [0.1, 0.15) is 5.75 Å². The summed E-state index contributed by atoms with van der Waals surface area (Å²) in [5, 5.41) is 9.69. The second-order valence-corrected chi connectivity index (χ2v) is 4.63. The van der Waals surface area contributed by atoms with Crippen molar-refractivity contribution in [2.24, 2.45) is 7.05 Å². The molecule has 7 heteroatoms. The number of rotatable bonds is 1. The molecule has 0 aliphatic carbocycles. The standard InChI is InChI=1S/C9H9NO4S.Na.H/c1-10-8-5-7(11)3-2-6(8)4-9(10)15(12,13)14;;/h2-5,11H,1H3,(H,12,13,14);;. The van der Waals surface area contributed by atoms with Crippen molar-refractivity contribution in [2.45, 2.75) is 5.03 Å². The Kier molecular flexibility index (Phi) is 3.71. The number of aromatic hydroxyl groups is 1. The van der Waals surface area contributed by atoms with Crippen molar-refractivity contribution in [1.29, 1.82) is 0 Å². The molecule has 82 valence electrons. The fourth-order valence-corrected chi connectivity index (χ4v) is 2.26. The minimum atomic E-state index is -4.23. The van der Waals surface area contributed by atoms with Crippen LogP contribution in [0, 0.1) is 0 Å². The summed E-state index contributed by atoms with van der Waals surface area (Å²) < 4.78 is 32.2. The Hall–Kier alpha value is -0.530. The maximum atomic E-state index is 11.0. The third kappa shape index (κ3) is 2.26. The first-order chi connectivity index (χ1) is 6.89. The van der Waals surface area contributed by atoms with Crippen LogP contribution in [0.15, 0.2) is 29.3 Å². The van der Waals surface area contributed by atoms with Crippen molar-refractivity contribution in [1.82, 2.24) is 4.57 Å². The van der Waals surface area contributed by atoms with E-state index in [4.69, 9.17) is 4.55 Å². The quantitative estimate of drug-likeness (QED) is 0.570. The Morgan fingerprint density at radius 1 is 1.25 bits per heavy atom. The van der Waals surface area contributed by atoms with Crippen molar-refractivity contribution < 1.29 is 18.1 Å². The van der Waals surface area contributed by atoms with E-state index in [0.717, 1.165) is 0 Å². The van der Waals surface area contributed by atoms with E-state index in [9.17, 15) is 13.5 Å². The van der Waals surface area contributed by atoms with Crippen molar-refractivity contribution in [3.05, 3.63) is 24.3 Å². The summed E-state index contributed by atoms with van der Waals surface area (Å²) in [4.78, 5) is 0. The number of aromatic nitrogens is 1. The van der Waals surface area contributed by atoms with Gasteiger partial charge in [0, 0.05) is 18.5 Å². The Labute approximate surface area is 115 Å². The molecule has 1 heterocycles. The molecule has 16 heavy (non-hydrogen) atoms. The predicted octanol–water partition coefficient (Wildman–Crippen LogP) is 0.482. The van der Waals surface area contributed by atoms with Crippen LogP contribution in [0.2, 0.25) is 0 Å². The summed E-state index contributed by atoms with van der Waals surface area (Å²) in [6.45, 7) is 0. The molecule has 0 aliphatic heterocycles. The molecule has 0 spiro atoms. The topological polar surface area (TPSA) is 79.5 Å². The van der Waals surface area contributed by atoms with E-state index in [1.807, 2.05) is 0 Å². The summed E-state index contributed by atoms with van der Waals surface area (Å²) in [5.41, 5.74) is 0.544. The zero-order chi connectivity index (χ0) is 11.2. The number of hydrogen-bond donors (Lipinski definition) is 2. The summed E-state index contributed by atoms with van der Waals surface area (Å²) in [5.74, 6) is 0.0468. The molecule has 0 unspecified atom stereocenters. The Morgan fingerprint density at radius 2 is 1.88 bits per heavy atom. The molecular formula is C9H10NNaO4S. The molecule has 0 bridgehead atoms. The van der Waals surface area contributed by atoms with Gasteiger partial charge in [0.25, 0.3) is 0 Å². The average molecular weight is 251 g/mol. The van der Waals surface area contributed by atoms with Crippen LogP contribution < -0.4 is 0 Å². The van der Waals surface area contributed by atoms with E-state index >= 15 is 0 Å². The molecule has 0 amide bonds. The molecule has 2 aromatic rings. The van der Waals surface area contributed by atoms with Crippen molar-refractivity contribution in [3.63, 3.8) is 0 Å². The minimum absolute atomic E-state index is 0. The summed E-state index contributed by atoms with van der Waals surface area (Å²) in [7, 11) is -2.72. The van der Waals surface area contributed by atoms with Crippen LogP contribution in [0.4, 0.5) is 0 Å². The average Bonchev–Trinajstić information content (AvgIpc) is 2.43. The Morgan fingerprint density at radius 3 is 2.44 bits per heavy atom. The molecule has 0 fully saturated rings. The van der Waals surface area contributed by atoms with Gasteiger partial charge < -0.3 is 9.67 Å². The number of aryl methyl sites for hydroxylation is 1. The van der Waals surface area contributed by atoms with E-state index in [-0.39, 0.29) is 40.3 Å². The first kappa shape index (κ1) is 13.5. The van der Waals surface area contributed by atoms with E-state index in [1.165, 1.54) is 29.8 Å². The van der Waals surface area contributed by atoms with Gasteiger partial charge in [0.2, 0.25) is 0 Å². The molecule has 0 aliphatic rings. The number of phenols is 1. The van der Waals surface area contributed by atoms with Crippen LogP contribution in [0.3, 0.4) is 0 Å². The van der Waals surface area contributed by atoms with E-state index in [0.29, 0.717) is 10.9 Å². The van der Waals surface area contributed by atoms with Crippen LogP contribution in [0.5, 0.6) is 5.75 Å². The zero-order valence-corrected chi connectivity index (χ0v) is 8.69. The first-order valence-electron chi connectivity index (χ1n) is 4.15. The van der Waals surface area contributed by atoms with Gasteiger partial charge in [-0.05, 0) is 18.2 Å². The maximum absolute atomic E-state index is 11.0. The van der Waals surface area contributed by atoms with Gasteiger partial charge in [-0.3, -0.25) is 4.55 Å². The molecular weight excluding hydrogens is 241 g/mol. The molecule has 2 rings (SSSR count). The number of phenolic OH excluding ortho intramolecular Hbond substituents is 1. The van der Waals surface area contributed by atoms with E-state index < -0.39 is 10.1 Å². The predicted molar refractivity (Wildman–Crippen MR) is 61.5 cm³/mol. The van der Waals surface area contributed by atoms with Crippen molar-refractivity contribution in [3.8, 4) is 5.75 Å². The second-order valence-electron chi connectivity index (χ2n) is 3.26. The molecule has 0 saturated carbocycles. The molecule has 0 saturated heterocycles. The fourth-order valence-electron chi connectivity index (χ4n) is 1.54. The molecule has 0 atom stereocenters. The summed E-state index contributed by atoms with van der Waals surface area (Å²) >= 11 is 0. The number of nitrogens with zero attached hydrogens (tertiary/aromatic N) is 1. The molecule has 5 nitrogen and oxygen atoms in total. The van der Waals surface area contributed by atoms with Gasteiger partial charge >= 0.3 is 39.7 Å². The second kappa shape index (κ2) is 4.38. The number of benzene rings is 1. The van der Waals surface area contributed by atoms with Gasteiger partial charge in [-0.25, -0.2) is 0 Å². The van der Waals surface area contributed by atoms with Crippen LogP contribution in [-0.2, 0) is 17.2 Å². The third-order valence-electron chi connectivity index (χ3n) is 2.25. The van der Waals surface area contributed by atoms with Crippen LogP contribution in [0.25, 0.3) is 10.9 Å². The van der Waals surface area contributed by atoms with E-state index in [1.54, 1.807) is 6.07 Å². The summed E-state index contributed by atoms with van der Waals surface area (Å²) in [6, 6.07) is 5.82. The van der Waals surface area contributed by atoms with Crippen LogP contribution >= 0.6 is 0 Å². The normalized spacial score (nSPS) is 11.4. The zero-order valence-electron chi connectivity index (χ0n) is 7.88. The van der Waals surface area contributed by atoms with Crippen LogP contribution in [-0.4, -0.2) is 52.2 Å². The van der Waals surface area contributed by atoms with Crippen molar-refractivity contribution >= 4 is 50.6 Å². The van der Waals surface area contributed by atoms with Gasteiger partial charge in [0.05, 0.1) is 5.52 Å². The number of hydrogen-bond acceptors (Lipinski definition) is 3. The van der Waals surface area contributed by atoms with E-state index in [2.05, 4.69) is 0 Å². The van der Waals surface area contributed by atoms with Gasteiger partial charge in [-0.15, -0.1) is 0 Å². The van der Waals surface area contributed by atoms with Crippen molar-refractivity contribution in [2.75, 3.05) is 0 Å². The Bertz CT molecular complexity index is 632. The molecule has 2 N–H and O–H groups in total. The monoisotopic (exact) mass is 251 g/mol. The third-order valence-corrected chi connectivity index (χ3v) is 3.17. The fraction of sp³-hybridized carbons (Fsp3) is 0.111. The molecule has 0 radical (unpaired) electrons. The van der Waals surface area contributed by atoms with Gasteiger partial charge in [-0.1, -0.05) is 0 Å². The number of fused-ring (bicyclic) bond motifs is 1. The Balaban J connectivity index is 0.00000128.